The molecule has 3 fully saturated rings. The Morgan fingerprint density at radius 1 is 1.23 bits per heavy atom. The van der Waals surface area contributed by atoms with Crippen LogP contribution in [0.5, 0.6) is 0 Å². The molecule has 39 heavy (non-hydrogen) atoms. The van der Waals surface area contributed by atoms with Crippen LogP contribution in [0.15, 0.2) is 30.4 Å². The number of carbonyl (C=O) groups excluding carboxylic acids is 3. The van der Waals surface area contributed by atoms with Crippen LogP contribution in [0.4, 0.5) is 5.69 Å². The van der Waals surface area contributed by atoms with Crippen LogP contribution in [0.3, 0.4) is 0 Å². The molecule has 2 saturated heterocycles. The third kappa shape index (κ3) is 5.00. The van der Waals surface area contributed by atoms with E-state index in [4.69, 9.17) is 21.1 Å². The van der Waals surface area contributed by atoms with Crippen LogP contribution < -0.4 is 10.6 Å². The van der Waals surface area contributed by atoms with E-state index in [1.165, 1.54) is 0 Å². The minimum atomic E-state index is -1.17. The molecule has 2 bridgehead atoms. The summed E-state index contributed by atoms with van der Waals surface area (Å²) in [5.41, 5.74) is 0.294. The van der Waals surface area contributed by atoms with Crippen molar-refractivity contribution in [1.82, 2.24) is 10.2 Å². The maximum atomic E-state index is 14.0. The molecule has 4 aliphatic rings. The van der Waals surface area contributed by atoms with E-state index < -0.39 is 29.6 Å². The van der Waals surface area contributed by atoms with Crippen molar-refractivity contribution in [2.75, 3.05) is 25.1 Å². The highest BCUT2D eigenvalue weighted by Crippen LogP contribution is 2.55. The van der Waals surface area contributed by atoms with Gasteiger partial charge in [-0.1, -0.05) is 56.5 Å². The number of ether oxygens (including phenoxy) is 2. The summed E-state index contributed by atoms with van der Waals surface area (Å²) in [7, 11) is 0. The van der Waals surface area contributed by atoms with Crippen molar-refractivity contribution in [2.24, 2.45) is 23.7 Å². The summed E-state index contributed by atoms with van der Waals surface area (Å²) in [5.74, 6) is -1.40. The zero-order valence-corrected chi connectivity index (χ0v) is 24.0. The lowest BCUT2D eigenvalue weighted by Crippen LogP contribution is -2.58. The first-order valence-electron chi connectivity index (χ1n) is 14.3. The summed E-state index contributed by atoms with van der Waals surface area (Å²) >= 11 is 6.27. The predicted octanol–water partition coefficient (Wildman–Crippen LogP) is 4.11. The van der Waals surface area contributed by atoms with Gasteiger partial charge in [0.15, 0.2) is 0 Å². The minimum Gasteiger partial charge on any atom is -0.382 e. The summed E-state index contributed by atoms with van der Waals surface area (Å²) < 4.78 is 12.0. The van der Waals surface area contributed by atoms with Gasteiger partial charge in [-0.15, -0.1) is 0 Å². The minimum absolute atomic E-state index is 0.0463. The molecule has 3 amide bonds. The molecule has 8 nitrogen and oxygen atoms in total. The van der Waals surface area contributed by atoms with Crippen molar-refractivity contribution >= 4 is 35.0 Å². The first-order valence-corrected chi connectivity index (χ1v) is 14.7. The SMILES string of the molecule is CCOCCCN1C(=O)[C@H]2C(C(=O)Nc3ccc(C)c(Cl)c3)[C@H]3C=CC2(O3)C1C(=O)NC1CCCC(C)C1C. The lowest BCUT2D eigenvalue weighted by Gasteiger charge is -2.38. The number of nitrogens with zero attached hydrogens (tertiary/aromatic N) is 1. The second kappa shape index (κ2) is 11.2. The smallest absolute Gasteiger partial charge is 0.246 e. The summed E-state index contributed by atoms with van der Waals surface area (Å²) in [6.07, 6.45) is 6.85. The van der Waals surface area contributed by atoms with Crippen molar-refractivity contribution in [3.05, 3.63) is 40.9 Å². The average Bonchev–Trinajstić information content (AvgIpc) is 3.54. The maximum Gasteiger partial charge on any atom is 0.246 e. The monoisotopic (exact) mass is 557 g/mol. The van der Waals surface area contributed by atoms with Crippen LogP contribution in [0.1, 0.15) is 52.0 Å². The Bertz CT molecular complexity index is 1160. The summed E-state index contributed by atoms with van der Waals surface area (Å²) in [6, 6.07) is 4.54. The van der Waals surface area contributed by atoms with Gasteiger partial charge in [0.2, 0.25) is 17.7 Å². The van der Waals surface area contributed by atoms with Crippen LogP contribution in [0, 0.1) is 30.6 Å². The molecule has 1 spiro atoms. The summed E-state index contributed by atoms with van der Waals surface area (Å²) in [4.78, 5) is 43.3. The van der Waals surface area contributed by atoms with Crippen molar-refractivity contribution in [3.8, 4) is 0 Å². The molecule has 6 unspecified atom stereocenters. The summed E-state index contributed by atoms with van der Waals surface area (Å²) in [5, 5.41) is 6.77. The van der Waals surface area contributed by atoms with Gasteiger partial charge in [-0.3, -0.25) is 14.4 Å². The topological polar surface area (TPSA) is 97.0 Å². The Morgan fingerprint density at radius 3 is 2.77 bits per heavy atom. The second-order valence-corrected chi connectivity index (χ2v) is 12.0. The van der Waals surface area contributed by atoms with Gasteiger partial charge >= 0.3 is 0 Å². The number of anilines is 1. The van der Waals surface area contributed by atoms with E-state index in [1.54, 1.807) is 17.0 Å². The molecule has 2 N–H and O–H groups in total. The number of fused-ring (bicyclic) bond motifs is 1. The molecule has 1 saturated carbocycles. The normalized spacial score (nSPS) is 34.8. The molecule has 5 rings (SSSR count). The lowest BCUT2D eigenvalue weighted by molar-refractivity contribution is -0.141. The largest absolute Gasteiger partial charge is 0.382 e. The maximum absolute atomic E-state index is 14.0. The highest BCUT2D eigenvalue weighted by atomic mass is 35.5. The fourth-order valence-electron chi connectivity index (χ4n) is 6.93. The number of rotatable bonds is 9. The van der Waals surface area contributed by atoms with Crippen molar-refractivity contribution in [1.29, 1.82) is 0 Å². The molecular formula is C30H40ClN3O5. The van der Waals surface area contributed by atoms with E-state index in [0.717, 1.165) is 24.8 Å². The number of nitrogens with one attached hydrogen (secondary N) is 2. The quantitative estimate of drug-likeness (QED) is 0.352. The zero-order valence-electron chi connectivity index (χ0n) is 23.2. The van der Waals surface area contributed by atoms with E-state index in [0.29, 0.717) is 48.7 Å². The van der Waals surface area contributed by atoms with Gasteiger partial charge in [0.1, 0.15) is 11.6 Å². The van der Waals surface area contributed by atoms with Gasteiger partial charge < -0.3 is 25.0 Å². The number of benzene rings is 1. The Kier molecular flexibility index (Phi) is 8.09. The van der Waals surface area contributed by atoms with E-state index in [2.05, 4.69) is 24.5 Å². The zero-order chi connectivity index (χ0) is 27.9. The van der Waals surface area contributed by atoms with Gasteiger partial charge in [-0.2, -0.15) is 0 Å². The number of carbonyl (C=O) groups is 3. The molecule has 1 aromatic rings. The molecule has 3 heterocycles. The van der Waals surface area contributed by atoms with Crippen LogP contribution >= 0.6 is 11.6 Å². The highest BCUT2D eigenvalue weighted by molar-refractivity contribution is 6.31. The number of likely N-dealkylation sites (tertiary alicyclic amines) is 1. The summed E-state index contributed by atoms with van der Waals surface area (Å²) in [6.45, 7) is 9.66. The van der Waals surface area contributed by atoms with Crippen LogP contribution in [-0.2, 0) is 23.9 Å². The Balaban J connectivity index is 1.41. The molecule has 0 aromatic heterocycles. The van der Waals surface area contributed by atoms with Crippen LogP contribution in [0.2, 0.25) is 5.02 Å². The molecule has 9 heteroatoms. The van der Waals surface area contributed by atoms with E-state index >= 15 is 0 Å². The van der Waals surface area contributed by atoms with Gasteiger partial charge in [0, 0.05) is 36.5 Å². The molecule has 3 aliphatic heterocycles. The highest BCUT2D eigenvalue weighted by Gasteiger charge is 2.72. The van der Waals surface area contributed by atoms with Crippen LogP contribution in [0.25, 0.3) is 0 Å². The molecule has 8 atom stereocenters. The molecule has 212 valence electrons. The molecule has 1 aromatic carbocycles. The van der Waals surface area contributed by atoms with E-state index in [-0.39, 0.29) is 23.8 Å². The predicted molar refractivity (Wildman–Crippen MR) is 149 cm³/mol. The fourth-order valence-corrected chi connectivity index (χ4v) is 7.11. The number of halogens is 1. The second-order valence-electron chi connectivity index (χ2n) is 11.6. The van der Waals surface area contributed by atoms with Gasteiger partial charge in [-0.05, 0) is 56.2 Å². The standard InChI is InChI=1S/C30H40ClN3O5/c1-5-38-15-7-14-34-26(28(36)33-22-9-6-8-17(2)19(22)4)30-13-12-23(39-30)24(25(30)29(34)37)27(35)32-20-11-10-18(3)21(31)16-20/h10-13,16-17,19,22-26H,5-9,14-15H2,1-4H3,(H,32,35)(H,33,36)/t17?,19?,22?,23-,24?,25-,26?,30?/m1/s1. The Labute approximate surface area is 235 Å². The van der Waals surface area contributed by atoms with Gasteiger partial charge in [-0.25, -0.2) is 0 Å². The molecular weight excluding hydrogens is 518 g/mol. The number of hydrogen-bond acceptors (Lipinski definition) is 5. The first-order chi connectivity index (χ1) is 18.7. The Morgan fingerprint density at radius 2 is 2.03 bits per heavy atom. The number of aryl methyl sites for hydroxylation is 1. The van der Waals surface area contributed by atoms with Gasteiger partial charge in [0.25, 0.3) is 0 Å². The van der Waals surface area contributed by atoms with Gasteiger partial charge in [0.05, 0.1) is 17.9 Å². The van der Waals surface area contributed by atoms with Crippen LogP contribution in [-0.4, -0.2) is 66.2 Å². The third-order valence-electron chi connectivity index (χ3n) is 9.29. The van der Waals surface area contributed by atoms with Crippen molar-refractivity contribution in [3.63, 3.8) is 0 Å². The molecule has 1 aliphatic carbocycles. The number of amides is 3. The lowest BCUT2D eigenvalue weighted by atomic mass is 9.73. The molecule has 0 radical (unpaired) electrons. The number of hydrogen-bond donors (Lipinski definition) is 2. The Hall–Kier alpha value is -2.42. The first kappa shape index (κ1) is 28.1. The fraction of sp³-hybridized carbons (Fsp3) is 0.633. The third-order valence-corrected chi connectivity index (χ3v) is 9.70. The van der Waals surface area contributed by atoms with E-state index in [9.17, 15) is 14.4 Å². The van der Waals surface area contributed by atoms with Crippen molar-refractivity contribution < 1.29 is 23.9 Å². The van der Waals surface area contributed by atoms with Crippen molar-refractivity contribution in [2.45, 2.75) is 77.2 Å². The average molecular weight is 558 g/mol. The van der Waals surface area contributed by atoms with E-state index in [1.807, 2.05) is 32.1 Å².